The fourth-order valence-corrected chi connectivity index (χ4v) is 1.81. The highest BCUT2D eigenvalue weighted by molar-refractivity contribution is 4.95. The molecule has 14 heavy (non-hydrogen) atoms. The molecule has 1 aliphatic rings. The van der Waals surface area contributed by atoms with Gasteiger partial charge in [-0.3, -0.25) is 0 Å². The lowest BCUT2D eigenvalue weighted by atomic mass is 10.1. The molecule has 1 fully saturated rings. The highest BCUT2D eigenvalue weighted by atomic mass is 16.5. The number of hydrogen-bond donors (Lipinski definition) is 1. The number of aliphatic hydroxyl groups excluding tert-OH is 1. The minimum Gasteiger partial charge on any atom is -0.390 e. The molecule has 2 rings (SSSR count). The minimum absolute atomic E-state index is 0.0706. The van der Waals surface area contributed by atoms with Gasteiger partial charge in [-0.05, 0) is 18.8 Å². The molecule has 2 heterocycles. The molecule has 1 aromatic heterocycles. The summed E-state index contributed by atoms with van der Waals surface area (Å²) in [5.41, 5.74) is 0.893. The highest BCUT2D eigenvalue weighted by Crippen LogP contribution is 2.17. The maximum Gasteiger partial charge on any atom is 0.0948 e. The van der Waals surface area contributed by atoms with Crippen molar-refractivity contribution in [1.29, 1.82) is 0 Å². The summed E-state index contributed by atoms with van der Waals surface area (Å²) in [5.74, 6) is 0.684. The summed E-state index contributed by atoms with van der Waals surface area (Å²) in [6.07, 6.45) is 5.78. The molecule has 4 nitrogen and oxygen atoms in total. The van der Waals surface area contributed by atoms with Crippen LogP contribution in [0, 0.1) is 5.92 Å². The first kappa shape index (κ1) is 9.68. The summed E-state index contributed by atoms with van der Waals surface area (Å²) in [6.45, 7) is 2.80. The first-order valence-electron chi connectivity index (χ1n) is 5.07. The van der Waals surface area contributed by atoms with E-state index in [-0.39, 0.29) is 6.61 Å². The second kappa shape index (κ2) is 4.57. The molecule has 0 aromatic carbocycles. The smallest absolute Gasteiger partial charge is 0.0948 e. The number of hydrogen-bond acceptors (Lipinski definition) is 3. The van der Waals surface area contributed by atoms with Gasteiger partial charge in [0.1, 0.15) is 0 Å². The van der Waals surface area contributed by atoms with Crippen molar-refractivity contribution in [2.45, 2.75) is 26.0 Å². The predicted octanol–water partition coefficient (Wildman–Crippen LogP) is 0.802. The Kier molecular flexibility index (Phi) is 3.16. The average Bonchev–Trinajstić information content (AvgIpc) is 2.85. The molecule has 0 aliphatic carbocycles. The number of ether oxygens (including phenoxy) is 1. The fraction of sp³-hybridized carbons (Fsp3) is 0.700. The number of aryl methyl sites for hydroxylation is 1. The first-order chi connectivity index (χ1) is 6.90. The quantitative estimate of drug-likeness (QED) is 0.775. The van der Waals surface area contributed by atoms with Gasteiger partial charge in [-0.1, -0.05) is 0 Å². The van der Waals surface area contributed by atoms with E-state index in [0.29, 0.717) is 5.92 Å². The van der Waals surface area contributed by atoms with Crippen molar-refractivity contribution in [3.05, 3.63) is 18.2 Å². The standard InChI is InChI=1S/C10H16N2O2/c13-6-10-5-11-8-12(10)3-1-9-2-4-14-7-9/h5,8-9,13H,1-4,6-7H2. The van der Waals surface area contributed by atoms with Crippen LogP contribution in [0.25, 0.3) is 0 Å². The van der Waals surface area contributed by atoms with E-state index < -0.39 is 0 Å². The van der Waals surface area contributed by atoms with Crippen LogP contribution in [0.5, 0.6) is 0 Å². The van der Waals surface area contributed by atoms with Gasteiger partial charge in [0.2, 0.25) is 0 Å². The fourth-order valence-electron chi connectivity index (χ4n) is 1.81. The van der Waals surface area contributed by atoms with Crippen LogP contribution in [-0.2, 0) is 17.9 Å². The number of aromatic nitrogens is 2. The third-order valence-electron chi connectivity index (χ3n) is 2.76. The molecule has 0 radical (unpaired) electrons. The summed E-state index contributed by atoms with van der Waals surface area (Å²) in [4.78, 5) is 4.01. The second-order valence-corrected chi connectivity index (χ2v) is 3.75. The molecule has 1 aliphatic heterocycles. The molecular formula is C10H16N2O2. The van der Waals surface area contributed by atoms with Crippen molar-refractivity contribution in [2.24, 2.45) is 5.92 Å². The van der Waals surface area contributed by atoms with Crippen LogP contribution < -0.4 is 0 Å². The van der Waals surface area contributed by atoms with Crippen LogP contribution in [-0.4, -0.2) is 27.9 Å². The molecule has 1 saturated heterocycles. The molecule has 0 saturated carbocycles. The summed E-state index contributed by atoms with van der Waals surface area (Å²) < 4.78 is 7.32. The number of imidazole rings is 1. The van der Waals surface area contributed by atoms with E-state index in [9.17, 15) is 0 Å². The largest absolute Gasteiger partial charge is 0.390 e. The topological polar surface area (TPSA) is 47.3 Å². The van der Waals surface area contributed by atoms with Crippen molar-refractivity contribution in [3.63, 3.8) is 0 Å². The van der Waals surface area contributed by atoms with Gasteiger partial charge in [-0.15, -0.1) is 0 Å². The summed E-state index contributed by atoms with van der Waals surface area (Å²) in [7, 11) is 0. The van der Waals surface area contributed by atoms with Crippen molar-refractivity contribution in [3.8, 4) is 0 Å². The maximum atomic E-state index is 9.01. The summed E-state index contributed by atoms with van der Waals surface area (Å²) in [6, 6.07) is 0. The van der Waals surface area contributed by atoms with Crippen LogP contribution in [0.4, 0.5) is 0 Å². The lowest BCUT2D eigenvalue weighted by molar-refractivity contribution is 0.183. The van der Waals surface area contributed by atoms with Gasteiger partial charge >= 0.3 is 0 Å². The molecule has 0 amide bonds. The van der Waals surface area contributed by atoms with Crippen LogP contribution in [0.2, 0.25) is 0 Å². The van der Waals surface area contributed by atoms with Crippen molar-refractivity contribution >= 4 is 0 Å². The van der Waals surface area contributed by atoms with Gasteiger partial charge in [0.05, 0.1) is 24.8 Å². The van der Waals surface area contributed by atoms with Crippen molar-refractivity contribution in [2.75, 3.05) is 13.2 Å². The Bertz CT molecular complexity index is 279. The Balaban J connectivity index is 1.84. The second-order valence-electron chi connectivity index (χ2n) is 3.75. The Morgan fingerprint density at radius 3 is 3.29 bits per heavy atom. The Labute approximate surface area is 83.5 Å². The van der Waals surface area contributed by atoms with Crippen LogP contribution in [0.1, 0.15) is 18.5 Å². The van der Waals surface area contributed by atoms with Crippen molar-refractivity contribution < 1.29 is 9.84 Å². The molecule has 0 spiro atoms. The van der Waals surface area contributed by atoms with E-state index in [0.717, 1.165) is 31.9 Å². The number of aliphatic hydroxyl groups is 1. The zero-order valence-electron chi connectivity index (χ0n) is 8.22. The van der Waals surface area contributed by atoms with E-state index in [1.165, 1.54) is 6.42 Å². The van der Waals surface area contributed by atoms with Crippen molar-refractivity contribution in [1.82, 2.24) is 9.55 Å². The van der Waals surface area contributed by atoms with E-state index in [1.54, 1.807) is 12.5 Å². The lowest BCUT2D eigenvalue weighted by Crippen LogP contribution is -2.07. The summed E-state index contributed by atoms with van der Waals surface area (Å²) in [5, 5.41) is 9.01. The Morgan fingerprint density at radius 1 is 1.64 bits per heavy atom. The highest BCUT2D eigenvalue weighted by Gasteiger charge is 2.15. The zero-order chi connectivity index (χ0) is 9.80. The Morgan fingerprint density at radius 2 is 2.57 bits per heavy atom. The average molecular weight is 196 g/mol. The van der Waals surface area contributed by atoms with Gasteiger partial charge in [0.15, 0.2) is 0 Å². The lowest BCUT2D eigenvalue weighted by Gasteiger charge is -2.09. The molecule has 78 valence electrons. The molecule has 0 bridgehead atoms. The van der Waals surface area contributed by atoms with Crippen LogP contribution in [0.3, 0.4) is 0 Å². The van der Waals surface area contributed by atoms with E-state index >= 15 is 0 Å². The minimum atomic E-state index is 0.0706. The van der Waals surface area contributed by atoms with Gasteiger partial charge in [0.25, 0.3) is 0 Å². The maximum absolute atomic E-state index is 9.01. The van der Waals surface area contributed by atoms with Gasteiger partial charge in [-0.25, -0.2) is 4.98 Å². The molecule has 1 N–H and O–H groups in total. The SMILES string of the molecule is OCc1cncn1CCC1CCOC1. The van der Waals surface area contributed by atoms with Gasteiger partial charge in [0, 0.05) is 19.8 Å². The third-order valence-corrected chi connectivity index (χ3v) is 2.76. The zero-order valence-corrected chi connectivity index (χ0v) is 8.22. The molecule has 1 aromatic rings. The van der Waals surface area contributed by atoms with Crippen LogP contribution in [0.15, 0.2) is 12.5 Å². The normalized spacial score (nSPS) is 21.6. The van der Waals surface area contributed by atoms with E-state index in [2.05, 4.69) is 4.98 Å². The summed E-state index contributed by atoms with van der Waals surface area (Å²) >= 11 is 0. The number of rotatable bonds is 4. The third kappa shape index (κ3) is 2.13. The Hall–Kier alpha value is -0.870. The molecule has 4 heteroatoms. The first-order valence-corrected chi connectivity index (χ1v) is 5.07. The van der Waals surface area contributed by atoms with Gasteiger partial charge in [-0.2, -0.15) is 0 Å². The monoisotopic (exact) mass is 196 g/mol. The van der Waals surface area contributed by atoms with Crippen LogP contribution >= 0.6 is 0 Å². The molecule has 1 unspecified atom stereocenters. The predicted molar refractivity (Wildman–Crippen MR) is 51.7 cm³/mol. The van der Waals surface area contributed by atoms with E-state index in [1.807, 2.05) is 4.57 Å². The van der Waals surface area contributed by atoms with E-state index in [4.69, 9.17) is 9.84 Å². The molecule has 1 atom stereocenters. The molecular weight excluding hydrogens is 180 g/mol. The van der Waals surface area contributed by atoms with Gasteiger partial charge < -0.3 is 14.4 Å². The number of nitrogens with zero attached hydrogens (tertiary/aromatic N) is 2.